The van der Waals surface area contributed by atoms with Crippen LogP contribution in [-0.4, -0.2) is 11.7 Å². The van der Waals surface area contributed by atoms with Crippen LogP contribution in [0.5, 0.6) is 0 Å². The summed E-state index contributed by atoms with van der Waals surface area (Å²) in [4.78, 5) is 0. The van der Waals surface area contributed by atoms with E-state index in [9.17, 15) is 0 Å². The van der Waals surface area contributed by atoms with Crippen LogP contribution in [0.15, 0.2) is 47.1 Å². The van der Waals surface area contributed by atoms with Crippen molar-refractivity contribution in [3.8, 4) is 0 Å². The van der Waals surface area contributed by atoms with Crippen LogP contribution in [0.1, 0.15) is 27.7 Å². The van der Waals surface area contributed by atoms with Crippen LogP contribution in [0.2, 0.25) is 0 Å². The van der Waals surface area contributed by atoms with Gasteiger partial charge in [-0.2, -0.15) is 0 Å². The first kappa shape index (κ1) is 12.9. The summed E-state index contributed by atoms with van der Waals surface area (Å²) >= 11 is 0. The molecule has 1 N–H and O–H groups in total. The van der Waals surface area contributed by atoms with E-state index in [0.29, 0.717) is 0 Å². The molecule has 0 aromatic heterocycles. The van der Waals surface area contributed by atoms with Gasteiger partial charge in [0.1, 0.15) is 0 Å². The van der Waals surface area contributed by atoms with Gasteiger partial charge in [-0.3, -0.25) is 0 Å². The van der Waals surface area contributed by atoms with Gasteiger partial charge in [-0.05, 0) is 27.7 Å². The molecule has 0 amide bonds. The van der Waals surface area contributed by atoms with Gasteiger partial charge in [0.2, 0.25) is 0 Å². The highest BCUT2D eigenvalue weighted by atomic mass is 16.2. The van der Waals surface area contributed by atoms with Gasteiger partial charge in [-0.25, -0.2) is 0 Å². The fourth-order valence-electron chi connectivity index (χ4n) is 1.13. The van der Waals surface area contributed by atoms with Gasteiger partial charge in [0.15, 0.2) is 0 Å². The maximum absolute atomic E-state index is 8.59. The molecule has 0 rings (SSSR count). The van der Waals surface area contributed by atoms with Crippen LogP contribution in [-0.2, 0) is 0 Å². The first-order chi connectivity index (χ1) is 6.60. The zero-order valence-corrected chi connectivity index (χ0v) is 9.54. The van der Waals surface area contributed by atoms with Gasteiger partial charge < -0.3 is 5.11 Å². The molecule has 0 fully saturated rings. The molecule has 0 heterocycles. The Balaban J connectivity index is 4.49. The summed E-state index contributed by atoms with van der Waals surface area (Å²) < 4.78 is 0. The molecule has 1 heteroatoms. The summed E-state index contributed by atoms with van der Waals surface area (Å²) in [5.41, 5.74) is 3.63. The largest absolute Gasteiger partial charge is 0.392 e. The maximum atomic E-state index is 8.59. The molecule has 0 aromatic carbocycles. The molecule has 78 valence electrons. The summed E-state index contributed by atoms with van der Waals surface area (Å²) in [6.45, 7) is 8.30. The molecule has 0 atom stereocenters. The van der Waals surface area contributed by atoms with E-state index in [-0.39, 0.29) is 6.61 Å². The topological polar surface area (TPSA) is 20.2 Å². The first-order valence-electron chi connectivity index (χ1n) is 4.87. The van der Waals surface area contributed by atoms with Gasteiger partial charge >= 0.3 is 0 Å². The highest BCUT2D eigenvalue weighted by molar-refractivity contribution is 5.32. The van der Waals surface area contributed by atoms with Crippen LogP contribution in [0.4, 0.5) is 0 Å². The van der Waals surface area contributed by atoms with Gasteiger partial charge in [-0.1, -0.05) is 47.1 Å². The highest BCUT2D eigenvalue weighted by Gasteiger charge is 1.86. The Morgan fingerprint density at radius 3 is 2.07 bits per heavy atom. The number of hydrogen-bond acceptors (Lipinski definition) is 1. The van der Waals surface area contributed by atoms with Crippen molar-refractivity contribution < 1.29 is 5.11 Å². The Bertz CT molecular complexity index is 278. The Morgan fingerprint density at radius 2 is 1.57 bits per heavy atom. The van der Waals surface area contributed by atoms with Gasteiger partial charge in [0, 0.05) is 0 Å². The third-order valence-electron chi connectivity index (χ3n) is 1.85. The van der Waals surface area contributed by atoms with E-state index in [0.717, 1.165) is 5.57 Å². The molecule has 0 bridgehead atoms. The summed E-state index contributed by atoms with van der Waals surface area (Å²) in [5, 5.41) is 8.59. The predicted octanol–water partition coefficient (Wildman–Crippen LogP) is 3.39. The fourth-order valence-corrected chi connectivity index (χ4v) is 1.13. The van der Waals surface area contributed by atoms with Crippen molar-refractivity contribution in [2.24, 2.45) is 0 Å². The van der Waals surface area contributed by atoms with Crippen LogP contribution in [0, 0.1) is 0 Å². The molecule has 0 unspecified atom stereocenters. The predicted molar refractivity (Wildman–Crippen MR) is 63.2 cm³/mol. The zero-order valence-electron chi connectivity index (χ0n) is 9.54. The van der Waals surface area contributed by atoms with E-state index in [4.69, 9.17) is 5.11 Å². The molecule has 0 aliphatic heterocycles. The van der Waals surface area contributed by atoms with E-state index in [1.165, 1.54) is 11.1 Å². The standard InChI is InChI=1S/C13H20O/c1-5-11(2)9-13(4)10-12(3)7-6-8-14/h5-7,9-10,14H,8H2,1-4H3. The van der Waals surface area contributed by atoms with Crippen molar-refractivity contribution in [3.05, 3.63) is 47.1 Å². The van der Waals surface area contributed by atoms with Crippen LogP contribution >= 0.6 is 0 Å². The zero-order chi connectivity index (χ0) is 11.0. The minimum Gasteiger partial charge on any atom is -0.392 e. The van der Waals surface area contributed by atoms with Gasteiger partial charge in [0.05, 0.1) is 6.61 Å². The summed E-state index contributed by atoms with van der Waals surface area (Å²) in [5.74, 6) is 0. The Hall–Kier alpha value is -1.08. The molecule has 0 spiro atoms. The number of aliphatic hydroxyl groups is 1. The van der Waals surface area contributed by atoms with E-state index in [2.05, 4.69) is 32.1 Å². The van der Waals surface area contributed by atoms with Crippen molar-refractivity contribution in [3.63, 3.8) is 0 Å². The van der Waals surface area contributed by atoms with Crippen LogP contribution in [0.25, 0.3) is 0 Å². The van der Waals surface area contributed by atoms with E-state index in [1.807, 2.05) is 19.9 Å². The molecular weight excluding hydrogens is 172 g/mol. The molecule has 0 saturated carbocycles. The van der Waals surface area contributed by atoms with Crippen molar-refractivity contribution in [1.29, 1.82) is 0 Å². The number of aliphatic hydroxyl groups excluding tert-OH is 1. The average Bonchev–Trinajstić information content (AvgIpc) is 2.14. The number of hydrogen-bond donors (Lipinski definition) is 1. The summed E-state index contributed by atoms with van der Waals surface area (Å²) in [6, 6.07) is 0. The van der Waals surface area contributed by atoms with Crippen molar-refractivity contribution >= 4 is 0 Å². The molecule has 0 saturated heterocycles. The van der Waals surface area contributed by atoms with Gasteiger partial charge in [-0.15, -0.1) is 0 Å². The average molecular weight is 192 g/mol. The maximum Gasteiger partial charge on any atom is 0.0615 e. The normalized spacial score (nSPS) is 15.4. The van der Waals surface area contributed by atoms with E-state index in [1.54, 1.807) is 6.08 Å². The number of allylic oxidation sites excluding steroid dienone is 7. The lowest BCUT2D eigenvalue weighted by molar-refractivity contribution is 0.342. The Kier molecular flexibility index (Phi) is 6.77. The smallest absolute Gasteiger partial charge is 0.0615 e. The van der Waals surface area contributed by atoms with Crippen molar-refractivity contribution in [1.82, 2.24) is 0 Å². The highest BCUT2D eigenvalue weighted by Crippen LogP contribution is 2.06. The van der Waals surface area contributed by atoms with Crippen LogP contribution in [0.3, 0.4) is 0 Å². The quantitative estimate of drug-likeness (QED) is 0.677. The van der Waals surface area contributed by atoms with Crippen molar-refractivity contribution in [2.45, 2.75) is 27.7 Å². The minimum atomic E-state index is 0.0990. The summed E-state index contributed by atoms with van der Waals surface area (Å²) in [7, 11) is 0. The number of rotatable bonds is 4. The summed E-state index contributed by atoms with van der Waals surface area (Å²) in [6.07, 6.45) is 9.97. The minimum absolute atomic E-state index is 0.0990. The lowest BCUT2D eigenvalue weighted by atomic mass is 10.1. The molecule has 0 aliphatic rings. The Labute approximate surface area is 87.2 Å². The third-order valence-corrected chi connectivity index (χ3v) is 1.85. The molecule has 1 nitrogen and oxygen atoms in total. The SMILES string of the molecule is CC=C(C)C=C(C)C=C(C)C=CCO. The molecule has 0 aliphatic carbocycles. The fraction of sp³-hybridized carbons (Fsp3) is 0.385. The second kappa shape index (κ2) is 7.34. The lowest BCUT2D eigenvalue weighted by Crippen LogP contribution is -1.77. The lowest BCUT2D eigenvalue weighted by Gasteiger charge is -1.96. The van der Waals surface area contributed by atoms with E-state index < -0.39 is 0 Å². The first-order valence-corrected chi connectivity index (χ1v) is 4.87. The van der Waals surface area contributed by atoms with Gasteiger partial charge in [0.25, 0.3) is 0 Å². The third kappa shape index (κ3) is 6.44. The molecule has 14 heavy (non-hydrogen) atoms. The second-order valence-electron chi connectivity index (χ2n) is 3.39. The monoisotopic (exact) mass is 192 g/mol. The Morgan fingerprint density at radius 1 is 1.00 bits per heavy atom. The van der Waals surface area contributed by atoms with Crippen LogP contribution < -0.4 is 0 Å². The van der Waals surface area contributed by atoms with Crippen molar-refractivity contribution in [2.75, 3.05) is 6.61 Å². The molecule has 0 aromatic rings. The second-order valence-corrected chi connectivity index (χ2v) is 3.39. The molecular formula is C13H20O. The van der Waals surface area contributed by atoms with E-state index >= 15 is 0 Å². The molecule has 0 radical (unpaired) electrons.